The number of aliphatic carboxylic acids is 1. The molecule has 3 atom stereocenters. The maximum Gasteiger partial charge on any atom is 0.328 e. The second kappa shape index (κ2) is 5.61. The number of fused-ring (bicyclic) bond motifs is 1. The number of aliphatic hydroxyl groups excluding tert-OH is 1. The Kier molecular flexibility index (Phi) is 3.82. The van der Waals surface area contributed by atoms with Gasteiger partial charge in [0.15, 0.2) is 0 Å². The van der Waals surface area contributed by atoms with E-state index in [1.54, 1.807) is 11.4 Å². The van der Waals surface area contributed by atoms with Gasteiger partial charge < -0.3 is 15.1 Å². The van der Waals surface area contributed by atoms with Crippen molar-refractivity contribution in [1.29, 1.82) is 0 Å². The fraction of sp³-hybridized carbons (Fsp3) is 0.467. The van der Waals surface area contributed by atoms with Crippen molar-refractivity contribution in [3.05, 3.63) is 28.0 Å². The van der Waals surface area contributed by atoms with Gasteiger partial charge >= 0.3 is 5.97 Å². The Morgan fingerprint density at radius 2 is 2.14 bits per heavy atom. The molecule has 1 aromatic rings. The smallest absolute Gasteiger partial charge is 0.328 e. The summed E-state index contributed by atoms with van der Waals surface area (Å²) in [4.78, 5) is 25.5. The van der Waals surface area contributed by atoms with Crippen LogP contribution in [0.3, 0.4) is 0 Å². The summed E-state index contributed by atoms with van der Waals surface area (Å²) in [5.41, 5.74) is 0.597. The Labute approximate surface area is 126 Å². The van der Waals surface area contributed by atoms with Gasteiger partial charge in [-0.05, 0) is 30.9 Å². The fourth-order valence-corrected chi connectivity index (χ4v) is 4.06. The highest BCUT2D eigenvalue weighted by Gasteiger charge is 2.43. The van der Waals surface area contributed by atoms with Crippen LogP contribution in [0.2, 0.25) is 0 Å². The van der Waals surface area contributed by atoms with E-state index in [4.69, 9.17) is 5.11 Å². The molecule has 1 saturated carbocycles. The first-order valence-corrected chi connectivity index (χ1v) is 7.89. The number of carbonyl (C=O) groups is 2. The Balaban J connectivity index is 1.68. The molecule has 1 amide bonds. The summed E-state index contributed by atoms with van der Waals surface area (Å²) in [6.07, 6.45) is 4.12. The summed E-state index contributed by atoms with van der Waals surface area (Å²) in [7, 11) is 0. The molecule has 0 bridgehead atoms. The summed E-state index contributed by atoms with van der Waals surface area (Å²) in [6.45, 7) is 1.34. The molecule has 0 radical (unpaired) electrons. The van der Waals surface area contributed by atoms with Gasteiger partial charge in [-0.25, -0.2) is 4.79 Å². The Bertz CT molecular complexity index is 594. The molecule has 3 rings (SSSR count). The third-order valence-corrected chi connectivity index (χ3v) is 5.26. The first-order chi connectivity index (χ1) is 10.0. The van der Waals surface area contributed by atoms with Gasteiger partial charge in [-0.2, -0.15) is 0 Å². The lowest BCUT2D eigenvalue weighted by Crippen LogP contribution is -2.30. The highest BCUT2D eigenvalue weighted by atomic mass is 32.1. The molecule has 3 unspecified atom stereocenters. The van der Waals surface area contributed by atoms with E-state index in [0.29, 0.717) is 18.0 Å². The van der Waals surface area contributed by atoms with Gasteiger partial charge in [-0.3, -0.25) is 4.79 Å². The number of hydrogen-bond acceptors (Lipinski definition) is 4. The number of carboxylic acid groups (broad SMARTS) is 1. The van der Waals surface area contributed by atoms with Crippen molar-refractivity contribution in [3.63, 3.8) is 0 Å². The molecule has 5 nitrogen and oxygen atoms in total. The zero-order chi connectivity index (χ0) is 15.0. The summed E-state index contributed by atoms with van der Waals surface area (Å²) in [5.74, 6) is -0.381. The first kappa shape index (κ1) is 14.3. The molecule has 2 N–H and O–H groups in total. The van der Waals surface area contributed by atoms with Crippen molar-refractivity contribution in [2.75, 3.05) is 13.1 Å². The predicted octanol–water partition coefficient (Wildman–Crippen LogP) is 1.69. The van der Waals surface area contributed by atoms with Crippen LogP contribution in [0.25, 0.3) is 6.08 Å². The van der Waals surface area contributed by atoms with Crippen molar-refractivity contribution in [2.45, 2.75) is 18.9 Å². The molecule has 1 aromatic heterocycles. The van der Waals surface area contributed by atoms with E-state index in [9.17, 15) is 14.7 Å². The first-order valence-electron chi connectivity index (χ1n) is 7.01. The molecule has 6 heteroatoms. The number of thiophene rings is 1. The van der Waals surface area contributed by atoms with Crippen LogP contribution in [0.15, 0.2) is 17.5 Å². The minimum Gasteiger partial charge on any atom is -0.478 e. The van der Waals surface area contributed by atoms with Crippen molar-refractivity contribution in [1.82, 2.24) is 4.90 Å². The maximum atomic E-state index is 12.4. The normalized spacial score (nSPS) is 28.2. The largest absolute Gasteiger partial charge is 0.478 e. The molecular weight excluding hydrogens is 290 g/mol. The van der Waals surface area contributed by atoms with Crippen LogP contribution in [0.1, 0.15) is 28.1 Å². The Morgan fingerprint density at radius 3 is 2.86 bits per heavy atom. The average molecular weight is 307 g/mol. The van der Waals surface area contributed by atoms with Gasteiger partial charge in [0.25, 0.3) is 5.91 Å². The topological polar surface area (TPSA) is 77.8 Å². The maximum absolute atomic E-state index is 12.4. The number of carbonyl (C=O) groups excluding carboxylic acids is 1. The van der Waals surface area contributed by atoms with Gasteiger partial charge in [-0.15, -0.1) is 11.3 Å². The standard InChI is InChI=1S/C15H17NO4S/c17-13-3-1-9-6-16(7-12(9)13)15(20)10-5-11(21-8-10)2-4-14(18)19/h2,4-5,8-9,12-13,17H,1,3,6-7H2,(H,18,19)/b4-2+. The Morgan fingerprint density at radius 1 is 1.33 bits per heavy atom. The molecular formula is C15H17NO4S. The Hall–Kier alpha value is -1.66. The van der Waals surface area contributed by atoms with Crippen molar-refractivity contribution < 1.29 is 19.8 Å². The zero-order valence-corrected chi connectivity index (χ0v) is 12.3. The van der Waals surface area contributed by atoms with E-state index in [0.717, 1.165) is 30.3 Å². The van der Waals surface area contributed by atoms with E-state index in [-0.39, 0.29) is 17.9 Å². The molecule has 2 fully saturated rings. The molecule has 0 spiro atoms. The SMILES string of the molecule is O=C(O)/C=C/c1cc(C(=O)N2CC3CCC(O)C3C2)cs1. The summed E-state index contributed by atoms with van der Waals surface area (Å²) in [5, 5.41) is 20.3. The van der Waals surface area contributed by atoms with E-state index in [1.165, 1.54) is 17.4 Å². The van der Waals surface area contributed by atoms with Crippen LogP contribution in [-0.4, -0.2) is 46.2 Å². The second-order valence-electron chi connectivity index (χ2n) is 5.69. The summed E-state index contributed by atoms with van der Waals surface area (Å²) >= 11 is 1.35. The van der Waals surface area contributed by atoms with Crippen LogP contribution in [0.4, 0.5) is 0 Å². The number of rotatable bonds is 3. The van der Waals surface area contributed by atoms with Crippen molar-refractivity contribution in [3.8, 4) is 0 Å². The number of aliphatic hydroxyl groups is 1. The van der Waals surface area contributed by atoms with E-state index in [1.807, 2.05) is 4.90 Å². The van der Waals surface area contributed by atoms with Gasteiger partial charge in [0.2, 0.25) is 0 Å². The molecule has 1 aliphatic carbocycles. The van der Waals surface area contributed by atoms with E-state index in [2.05, 4.69) is 0 Å². The number of hydrogen-bond donors (Lipinski definition) is 2. The predicted molar refractivity (Wildman–Crippen MR) is 79.1 cm³/mol. The molecule has 2 heterocycles. The van der Waals surface area contributed by atoms with Crippen molar-refractivity contribution >= 4 is 29.3 Å². The van der Waals surface area contributed by atoms with Crippen LogP contribution >= 0.6 is 11.3 Å². The number of likely N-dealkylation sites (tertiary alicyclic amines) is 1. The zero-order valence-electron chi connectivity index (χ0n) is 11.4. The second-order valence-corrected chi connectivity index (χ2v) is 6.63. The lowest BCUT2D eigenvalue weighted by atomic mass is 10.00. The minimum atomic E-state index is -1.00. The number of amides is 1. The molecule has 21 heavy (non-hydrogen) atoms. The van der Waals surface area contributed by atoms with Gasteiger partial charge in [0, 0.05) is 35.3 Å². The monoisotopic (exact) mass is 307 g/mol. The summed E-state index contributed by atoms with van der Waals surface area (Å²) in [6, 6.07) is 1.72. The fourth-order valence-electron chi connectivity index (χ4n) is 3.29. The average Bonchev–Trinajstić information content (AvgIpc) is 3.13. The highest BCUT2D eigenvalue weighted by molar-refractivity contribution is 7.11. The van der Waals surface area contributed by atoms with E-state index < -0.39 is 5.97 Å². The molecule has 112 valence electrons. The van der Waals surface area contributed by atoms with Crippen LogP contribution in [-0.2, 0) is 4.79 Å². The van der Waals surface area contributed by atoms with Crippen LogP contribution in [0, 0.1) is 11.8 Å². The van der Waals surface area contributed by atoms with Crippen LogP contribution in [0.5, 0.6) is 0 Å². The molecule has 0 aromatic carbocycles. The highest BCUT2D eigenvalue weighted by Crippen LogP contribution is 2.38. The molecule has 2 aliphatic rings. The van der Waals surface area contributed by atoms with Crippen molar-refractivity contribution in [2.24, 2.45) is 11.8 Å². The minimum absolute atomic E-state index is 0.0252. The lowest BCUT2D eigenvalue weighted by Gasteiger charge is -2.17. The van der Waals surface area contributed by atoms with Crippen LogP contribution < -0.4 is 0 Å². The van der Waals surface area contributed by atoms with Gasteiger partial charge in [0.1, 0.15) is 0 Å². The van der Waals surface area contributed by atoms with E-state index >= 15 is 0 Å². The third kappa shape index (κ3) is 2.87. The third-order valence-electron chi connectivity index (χ3n) is 4.36. The number of nitrogens with zero attached hydrogens (tertiary/aromatic N) is 1. The quantitative estimate of drug-likeness (QED) is 0.833. The van der Waals surface area contributed by atoms with Gasteiger partial charge in [-0.1, -0.05) is 0 Å². The number of carboxylic acids is 1. The lowest BCUT2D eigenvalue weighted by molar-refractivity contribution is -0.131. The van der Waals surface area contributed by atoms with Gasteiger partial charge in [0.05, 0.1) is 11.7 Å². The molecule has 1 aliphatic heterocycles. The summed E-state index contributed by atoms with van der Waals surface area (Å²) < 4.78 is 0. The molecule has 1 saturated heterocycles.